The first kappa shape index (κ1) is 27.6. The summed E-state index contributed by atoms with van der Waals surface area (Å²) >= 11 is 0. The zero-order chi connectivity index (χ0) is 25.8. The van der Waals surface area contributed by atoms with Crippen LogP contribution in [0.3, 0.4) is 0 Å². The van der Waals surface area contributed by atoms with Crippen molar-refractivity contribution in [2.45, 2.75) is 73.0 Å². The van der Waals surface area contributed by atoms with E-state index in [-0.39, 0.29) is 12.0 Å². The van der Waals surface area contributed by atoms with Gasteiger partial charge in [0.15, 0.2) is 23.2 Å². The molecule has 0 fully saturated rings. The van der Waals surface area contributed by atoms with E-state index < -0.39 is 64.8 Å². The Balaban J connectivity index is 2.40. The molecule has 1 heterocycles. The highest BCUT2D eigenvalue weighted by Gasteiger charge is 2.36. The maximum Gasteiger partial charge on any atom is 0.314 e. The lowest BCUT2D eigenvalue weighted by Gasteiger charge is -2.29. The van der Waals surface area contributed by atoms with E-state index in [0.717, 1.165) is 0 Å². The molecule has 0 aliphatic heterocycles. The number of carbonyl (C=O) groups excluding carboxylic acids is 1. The second kappa shape index (κ2) is 10.7. The SMILES string of the molecule is CCOc1c(F)c(COC)c(F)c(F)c1COC(=O)C(c1cnc(C(C)(C)C)nc1)C(C)(C)C. The number of ether oxygens (including phenoxy) is 3. The van der Waals surface area contributed by atoms with Gasteiger partial charge in [-0.2, -0.15) is 0 Å². The number of methoxy groups -OCH3 is 1. The number of hydrogen-bond acceptors (Lipinski definition) is 6. The maximum atomic E-state index is 14.9. The third-order valence-electron chi connectivity index (χ3n) is 5.17. The Morgan fingerprint density at radius 2 is 1.50 bits per heavy atom. The zero-order valence-electron chi connectivity index (χ0n) is 21.0. The van der Waals surface area contributed by atoms with Gasteiger partial charge in [0.1, 0.15) is 12.4 Å². The number of carbonyl (C=O) groups is 1. The largest absolute Gasteiger partial charge is 0.490 e. The first-order valence-corrected chi connectivity index (χ1v) is 11.0. The van der Waals surface area contributed by atoms with E-state index in [1.807, 2.05) is 41.5 Å². The van der Waals surface area contributed by atoms with Crippen LogP contribution in [0.15, 0.2) is 12.4 Å². The lowest BCUT2D eigenvalue weighted by atomic mass is 9.77. The molecule has 0 saturated heterocycles. The van der Waals surface area contributed by atoms with Gasteiger partial charge in [0.2, 0.25) is 0 Å². The molecule has 0 radical (unpaired) electrons. The monoisotopic (exact) mass is 482 g/mol. The van der Waals surface area contributed by atoms with Gasteiger partial charge in [-0.15, -0.1) is 0 Å². The molecule has 0 amide bonds. The second-order valence-electron chi connectivity index (χ2n) is 10.1. The fourth-order valence-corrected chi connectivity index (χ4v) is 3.52. The van der Waals surface area contributed by atoms with E-state index in [1.54, 1.807) is 19.3 Å². The van der Waals surface area contributed by atoms with Gasteiger partial charge >= 0.3 is 5.97 Å². The van der Waals surface area contributed by atoms with E-state index in [2.05, 4.69) is 9.97 Å². The Hall–Kier alpha value is -2.68. The van der Waals surface area contributed by atoms with Gasteiger partial charge in [0.25, 0.3) is 0 Å². The minimum absolute atomic E-state index is 0.00254. The Morgan fingerprint density at radius 3 is 1.97 bits per heavy atom. The lowest BCUT2D eigenvalue weighted by Crippen LogP contribution is -2.29. The molecule has 1 unspecified atom stereocenters. The fraction of sp³-hybridized carbons (Fsp3) is 0.560. The highest BCUT2D eigenvalue weighted by atomic mass is 19.2. The zero-order valence-corrected chi connectivity index (χ0v) is 21.0. The smallest absolute Gasteiger partial charge is 0.314 e. The van der Waals surface area contributed by atoms with Crippen LogP contribution in [0.5, 0.6) is 5.75 Å². The summed E-state index contributed by atoms with van der Waals surface area (Å²) in [6.07, 6.45) is 3.13. The van der Waals surface area contributed by atoms with E-state index >= 15 is 0 Å². The molecule has 1 aromatic carbocycles. The average Bonchev–Trinajstić information content (AvgIpc) is 2.73. The summed E-state index contributed by atoms with van der Waals surface area (Å²) in [6, 6.07) is 0. The standard InChI is InChI=1S/C25H33F3N2O4/c1-9-33-21-16(19(27)18(26)15(12-32-8)20(21)28)13-34-22(31)17(24(2,3)4)14-10-29-23(30-11-14)25(5,6)7/h10-11,17H,9,12-13H2,1-8H3. The van der Waals surface area contributed by atoms with Crippen LogP contribution in [0.4, 0.5) is 13.2 Å². The highest BCUT2D eigenvalue weighted by Crippen LogP contribution is 2.37. The maximum absolute atomic E-state index is 14.9. The van der Waals surface area contributed by atoms with Crippen LogP contribution >= 0.6 is 0 Å². The van der Waals surface area contributed by atoms with E-state index in [9.17, 15) is 18.0 Å². The van der Waals surface area contributed by atoms with Gasteiger partial charge < -0.3 is 14.2 Å². The van der Waals surface area contributed by atoms with Crippen molar-refractivity contribution in [1.82, 2.24) is 9.97 Å². The molecule has 1 aromatic heterocycles. The molecular weight excluding hydrogens is 449 g/mol. The van der Waals surface area contributed by atoms with Crippen molar-refractivity contribution in [3.05, 3.63) is 52.4 Å². The van der Waals surface area contributed by atoms with Crippen molar-refractivity contribution in [3.63, 3.8) is 0 Å². The molecule has 1 atom stereocenters. The van der Waals surface area contributed by atoms with Crippen molar-refractivity contribution in [2.75, 3.05) is 13.7 Å². The number of benzene rings is 1. The summed E-state index contributed by atoms with van der Waals surface area (Å²) in [5.41, 5.74) is -1.47. The highest BCUT2D eigenvalue weighted by molar-refractivity contribution is 5.79. The molecule has 2 rings (SSSR count). The Bertz CT molecular complexity index is 1010. The van der Waals surface area contributed by atoms with Gasteiger partial charge in [-0.25, -0.2) is 23.1 Å². The van der Waals surface area contributed by atoms with Crippen LogP contribution in [0.2, 0.25) is 0 Å². The van der Waals surface area contributed by atoms with Crippen molar-refractivity contribution < 1.29 is 32.2 Å². The van der Waals surface area contributed by atoms with E-state index in [4.69, 9.17) is 14.2 Å². The molecule has 188 valence electrons. The topological polar surface area (TPSA) is 70.5 Å². The fourth-order valence-electron chi connectivity index (χ4n) is 3.52. The molecule has 0 spiro atoms. The Kier molecular flexibility index (Phi) is 8.69. The van der Waals surface area contributed by atoms with Crippen molar-refractivity contribution in [2.24, 2.45) is 5.41 Å². The van der Waals surface area contributed by atoms with E-state index in [0.29, 0.717) is 11.4 Å². The Labute approximate surface area is 198 Å². The van der Waals surface area contributed by atoms with Crippen LogP contribution in [-0.2, 0) is 32.9 Å². The number of hydrogen-bond donors (Lipinski definition) is 0. The third kappa shape index (κ3) is 6.05. The summed E-state index contributed by atoms with van der Waals surface area (Å²) < 4.78 is 59.5. The number of esters is 1. The van der Waals surface area contributed by atoms with Crippen molar-refractivity contribution in [3.8, 4) is 5.75 Å². The Morgan fingerprint density at radius 1 is 0.941 bits per heavy atom. The van der Waals surface area contributed by atoms with Gasteiger partial charge in [0, 0.05) is 30.5 Å². The first-order valence-electron chi connectivity index (χ1n) is 11.0. The molecule has 34 heavy (non-hydrogen) atoms. The minimum Gasteiger partial charge on any atom is -0.490 e. The van der Waals surface area contributed by atoms with Crippen LogP contribution in [0.25, 0.3) is 0 Å². The van der Waals surface area contributed by atoms with Crippen LogP contribution in [0, 0.1) is 22.9 Å². The van der Waals surface area contributed by atoms with Gasteiger partial charge in [-0.3, -0.25) is 4.79 Å². The normalized spacial score (nSPS) is 13.0. The molecular formula is C25H33F3N2O4. The summed E-state index contributed by atoms with van der Waals surface area (Å²) in [4.78, 5) is 21.9. The number of aromatic nitrogens is 2. The predicted molar refractivity (Wildman–Crippen MR) is 121 cm³/mol. The van der Waals surface area contributed by atoms with Gasteiger partial charge in [0.05, 0.1) is 30.3 Å². The molecule has 0 N–H and O–H groups in total. The minimum atomic E-state index is -1.41. The number of nitrogens with zero attached hydrogens (tertiary/aromatic N) is 2. The molecule has 2 aromatic rings. The first-order chi connectivity index (χ1) is 15.7. The quantitative estimate of drug-likeness (QED) is 0.360. The molecule has 9 heteroatoms. The van der Waals surface area contributed by atoms with E-state index in [1.165, 1.54) is 7.11 Å². The second-order valence-corrected chi connectivity index (χ2v) is 10.1. The van der Waals surface area contributed by atoms with Gasteiger partial charge in [-0.1, -0.05) is 41.5 Å². The van der Waals surface area contributed by atoms with Gasteiger partial charge in [-0.05, 0) is 12.3 Å². The molecule has 6 nitrogen and oxygen atoms in total. The molecule has 0 bridgehead atoms. The van der Waals surface area contributed by atoms with Crippen molar-refractivity contribution in [1.29, 1.82) is 0 Å². The van der Waals surface area contributed by atoms with Crippen LogP contribution in [-0.4, -0.2) is 29.7 Å². The number of halogens is 3. The van der Waals surface area contributed by atoms with Crippen LogP contribution < -0.4 is 4.74 Å². The number of rotatable bonds is 8. The van der Waals surface area contributed by atoms with Crippen LogP contribution in [0.1, 0.15) is 76.9 Å². The summed E-state index contributed by atoms with van der Waals surface area (Å²) in [7, 11) is 1.23. The predicted octanol–water partition coefficient (Wildman–Crippen LogP) is 5.61. The summed E-state index contributed by atoms with van der Waals surface area (Å²) in [5.74, 6) is -5.26. The van der Waals surface area contributed by atoms with Crippen molar-refractivity contribution >= 4 is 5.97 Å². The lowest BCUT2D eigenvalue weighted by molar-refractivity contribution is -0.149. The average molecular weight is 483 g/mol. The summed E-state index contributed by atoms with van der Waals surface area (Å²) in [5, 5.41) is 0. The third-order valence-corrected chi connectivity index (χ3v) is 5.17. The molecule has 0 aliphatic rings. The summed E-state index contributed by atoms with van der Waals surface area (Å²) in [6.45, 7) is 11.8. The molecule has 0 aliphatic carbocycles. The molecule has 0 saturated carbocycles.